The molecule has 0 saturated heterocycles. The highest BCUT2D eigenvalue weighted by atomic mass is 19.2. The lowest BCUT2D eigenvalue weighted by Crippen LogP contribution is -2.28. The fraction of sp³-hybridized carbons (Fsp3) is 0.385. The number of nitrogens with zero attached hydrogens (tertiary/aromatic N) is 4. The zero-order valence-corrected chi connectivity index (χ0v) is 10.7. The molecule has 0 heterocycles. The molecule has 4 nitrogen and oxygen atoms in total. The van der Waals surface area contributed by atoms with Crippen molar-refractivity contribution in [1.29, 1.82) is 21.0 Å². The third-order valence-corrected chi connectivity index (χ3v) is 2.52. The number of halogens is 4. The van der Waals surface area contributed by atoms with Crippen LogP contribution in [0, 0.1) is 45.3 Å². The molecular weight excluding hydrogens is 288 g/mol. The van der Waals surface area contributed by atoms with Crippen LogP contribution in [0.5, 0.6) is 0 Å². The quantitative estimate of drug-likeness (QED) is 0.575. The first-order valence-electron chi connectivity index (χ1n) is 5.45. The summed E-state index contributed by atoms with van der Waals surface area (Å²) in [5.74, 6) is 0. The van der Waals surface area contributed by atoms with Crippen molar-refractivity contribution >= 4 is 0 Å². The Labute approximate surface area is 118 Å². The average molecular weight is 296 g/mol. The Kier molecular flexibility index (Phi) is 7.22. The number of allylic oxidation sites excluding steroid dienone is 4. The van der Waals surface area contributed by atoms with Crippen molar-refractivity contribution in [3.05, 3.63) is 22.3 Å². The number of hydrogen-bond donors (Lipinski definition) is 0. The molecule has 0 amide bonds. The Balaban J connectivity index is 5.99. The summed E-state index contributed by atoms with van der Waals surface area (Å²) in [6.45, 7) is -0.863. The minimum atomic E-state index is -2.86. The van der Waals surface area contributed by atoms with E-state index in [-0.39, 0.29) is 0 Å². The number of rotatable bonds is 5. The lowest BCUT2D eigenvalue weighted by Gasteiger charge is -2.19. The van der Waals surface area contributed by atoms with E-state index in [1.165, 1.54) is 24.3 Å². The van der Waals surface area contributed by atoms with Gasteiger partial charge in [-0.3, -0.25) is 0 Å². The summed E-state index contributed by atoms with van der Waals surface area (Å²) in [5.41, 5.74) is -4.14. The second-order valence-corrected chi connectivity index (χ2v) is 3.73. The van der Waals surface area contributed by atoms with Gasteiger partial charge in [0.05, 0.1) is 0 Å². The molecule has 108 valence electrons. The lowest BCUT2D eigenvalue weighted by atomic mass is 9.93. The molecule has 0 aliphatic heterocycles. The van der Waals surface area contributed by atoms with Gasteiger partial charge in [-0.25, -0.2) is 17.6 Å². The van der Waals surface area contributed by atoms with Crippen molar-refractivity contribution in [1.82, 2.24) is 0 Å². The molecule has 0 aliphatic carbocycles. The van der Waals surface area contributed by atoms with Gasteiger partial charge in [-0.2, -0.15) is 21.0 Å². The van der Waals surface area contributed by atoms with Crippen LogP contribution in [-0.4, -0.2) is 25.2 Å². The highest BCUT2D eigenvalue weighted by Gasteiger charge is 2.35. The van der Waals surface area contributed by atoms with Gasteiger partial charge in [-0.1, -0.05) is 0 Å². The lowest BCUT2D eigenvalue weighted by molar-refractivity contribution is 0.197. The molecule has 0 N–H and O–H groups in total. The van der Waals surface area contributed by atoms with Crippen LogP contribution in [0.1, 0.15) is 6.92 Å². The molecule has 0 aromatic rings. The molecule has 0 aromatic heterocycles. The van der Waals surface area contributed by atoms with Crippen LogP contribution in [0.2, 0.25) is 0 Å². The molecule has 0 bridgehead atoms. The van der Waals surface area contributed by atoms with Gasteiger partial charge in [0.25, 0.3) is 0 Å². The van der Waals surface area contributed by atoms with Gasteiger partial charge in [-0.15, -0.1) is 0 Å². The molecule has 0 spiro atoms. The van der Waals surface area contributed by atoms with Crippen LogP contribution in [0.25, 0.3) is 0 Å². The smallest absolute Gasteiger partial charge is 0.161 e. The largest absolute Gasteiger partial charge is 0.246 e. The van der Waals surface area contributed by atoms with E-state index in [9.17, 15) is 17.6 Å². The summed E-state index contributed by atoms with van der Waals surface area (Å²) in [6, 6.07) is 4.82. The van der Waals surface area contributed by atoms with Gasteiger partial charge in [0.15, 0.2) is 12.3 Å². The Morgan fingerprint density at radius 3 is 1.57 bits per heavy atom. The third kappa shape index (κ3) is 4.06. The van der Waals surface area contributed by atoms with E-state index >= 15 is 0 Å². The van der Waals surface area contributed by atoms with E-state index < -0.39 is 47.5 Å². The second-order valence-electron chi connectivity index (χ2n) is 3.73. The van der Waals surface area contributed by atoms with E-state index in [1.54, 1.807) is 0 Å². The fourth-order valence-electron chi connectivity index (χ4n) is 1.49. The van der Waals surface area contributed by atoms with E-state index in [1.807, 2.05) is 0 Å². The number of nitriles is 4. The third-order valence-electron chi connectivity index (χ3n) is 2.52. The number of alkyl halides is 4. The van der Waals surface area contributed by atoms with Crippen LogP contribution in [-0.2, 0) is 0 Å². The Morgan fingerprint density at radius 1 is 0.857 bits per heavy atom. The molecule has 21 heavy (non-hydrogen) atoms. The van der Waals surface area contributed by atoms with Crippen LogP contribution >= 0.6 is 0 Å². The summed E-state index contributed by atoms with van der Waals surface area (Å²) >= 11 is 0. The fourth-order valence-corrected chi connectivity index (χ4v) is 1.49. The van der Waals surface area contributed by atoms with Crippen LogP contribution in [0.3, 0.4) is 0 Å². The molecule has 3 atom stereocenters. The molecular formula is C13H8F4N4. The topological polar surface area (TPSA) is 95.2 Å². The maximum absolute atomic E-state index is 14.0. The van der Waals surface area contributed by atoms with Crippen molar-refractivity contribution < 1.29 is 17.6 Å². The predicted molar refractivity (Wildman–Crippen MR) is 62.8 cm³/mol. The molecule has 3 unspecified atom stereocenters. The second kappa shape index (κ2) is 8.35. The molecule has 0 rings (SSSR count). The van der Waals surface area contributed by atoms with Gasteiger partial charge in [0, 0.05) is 11.1 Å². The zero-order chi connectivity index (χ0) is 16.6. The summed E-state index contributed by atoms with van der Waals surface area (Å²) in [5, 5.41) is 34.3. The van der Waals surface area contributed by atoms with Crippen LogP contribution < -0.4 is 0 Å². The van der Waals surface area contributed by atoms with Crippen molar-refractivity contribution in [2.75, 3.05) is 6.67 Å². The van der Waals surface area contributed by atoms with Gasteiger partial charge in [0.1, 0.15) is 48.3 Å². The van der Waals surface area contributed by atoms with Crippen LogP contribution in [0.4, 0.5) is 17.6 Å². The molecule has 0 saturated carbocycles. The first-order chi connectivity index (χ1) is 9.89. The molecule has 8 heteroatoms. The Bertz CT molecular complexity index is 591. The zero-order valence-electron chi connectivity index (χ0n) is 10.7. The maximum Gasteiger partial charge on any atom is 0.161 e. The van der Waals surface area contributed by atoms with E-state index in [2.05, 4.69) is 0 Å². The van der Waals surface area contributed by atoms with Gasteiger partial charge in [0.2, 0.25) is 0 Å². The van der Waals surface area contributed by atoms with Crippen molar-refractivity contribution in [2.45, 2.75) is 25.4 Å². The van der Waals surface area contributed by atoms with Crippen molar-refractivity contribution in [2.24, 2.45) is 0 Å². The minimum Gasteiger partial charge on any atom is -0.246 e. The van der Waals surface area contributed by atoms with E-state index in [0.29, 0.717) is 0 Å². The molecule has 0 radical (unpaired) electrons. The normalized spacial score (nSPS) is 13.4. The maximum atomic E-state index is 14.0. The van der Waals surface area contributed by atoms with Crippen molar-refractivity contribution in [3.8, 4) is 24.3 Å². The van der Waals surface area contributed by atoms with E-state index in [0.717, 1.165) is 6.92 Å². The SMILES string of the molecule is CC(F)C(=C(C#N)C#N)C(F)C(F)C(CF)=C(C#N)C#N. The molecule has 0 aromatic carbocycles. The average Bonchev–Trinajstić information content (AvgIpc) is 2.48. The molecule has 0 aliphatic rings. The van der Waals surface area contributed by atoms with E-state index in [4.69, 9.17) is 21.0 Å². The van der Waals surface area contributed by atoms with Gasteiger partial charge >= 0.3 is 0 Å². The monoisotopic (exact) mass is 296 g/mol. The highest BCUT2D eigenvalue weighted by molar-refractivity contribution is 5.47. The van der Waals surface area contributed by atoms with Crippen LogP contribution in [0.15, 0.2) is 22.3 Å². The number of hydrogen-bond acceptors (Lipinski definition) is 4. The van der Waals surface area contributed by atoms with Crippen molar-refractivity contribution in [3.63, 3.8) is 0 Å². The summed E-state index contributed by atoms with van der Waals surface area (Å²) in [6.07, 6.45) is -7.89. The Hall–Kier alpha value is -2.84. The minimum absolute atomic E-state index is 0.775. The summed E-state index contributed by atoms with van der Waals surface area (Å²) < 4.78 is 54.0. The predicted octanol–water partition coefficient (Wildman–Crippen LogP) is 2.68. The van der Waals surface area contributed by atoms with Gasteiger partial charge in [-0.05, 0) is 6.92 Å². The first kappa shape index (κ1) is 18.2. The van der Waals surface area contributed by atoms with Gasteiger partial charge < -0.3 is 0 Å². The Morgan fingerprint density at radius 2 is 1.29 bits per heavy atom. The summed E-state index contributed by atoms with van der Waals surface area (Å²) in [7, 11) is 0. The first-order valence-corrected chi connectivity index (χ1v) is 5.45. The highest BCUT2D eigenvalue weighted by Crippen LogP contribution is 2.28. The standard InChI is InChI=1S/C13H8F4N4/c1-7(15)11(9(5-20)6-21)13(17)12(16)10(2-14)8(3-18)4-19/h7,12-13H,2H2,1H3. The summed E-state index contributed by atoms with van der Waals surface area (Å²) in [4.78, 5) is 0. The molecule has 0 fully saturated rings.